The average Bonchev–Trinajstić information content (AvgIpc) is 2.72. The second kappa shape index (κ2) is 10.2. The van der Waals surface area contributed by atoms with Crippen molar-refractivity contribution in [1.29, 1.82) is 0 Å². The number of benzene rings is 2. The molecular formula is C21H19F3N2O3S2. The summed E-state index contributed by atoms with van der Waals surface area (Å²) >= 11 is 2.62. The lowest BCUT2D eigenvalue weighted by atomic mass is 10.2. The number of esters is 1. The van der Waals surface area contributed by atoms with E-state index in [1.165, 1.54) is 23.9 Å². The van der Waals surface area contributed by atoms with E-state index in [9.17, 15) is 22.8 Å². The molecule has 1 amide bonds. The molecule has 0 bridgehead atoms. The molecule has 2 aromatic carbocycles. The van der Waals surface area contributed by atoms with E-state index in [4.69, 9.17) is 4.74 Å². The molecular weight excluding hydrogens is 449 g/mol. The molecule has 2 aromatic rings. The van der Waals surface area contributed by atoms with Crippen LogP contribution in [0.2, 0.25) is 0 Å². The number of carbonyl (C=O) groups excluding carboxylic acids is 2. The van der Waals surface area contributed by atoms with Crippen LogP contribution >= 0.6 is 23.5 Å². The van der Waals surface area contributed by atoms with Crippen molar-refractivity contribution >= 4 is 51.8 Å². The number of nitrogens with one attached hydrogen (secondary N) is 1. The highest BCUT2D eigenvalue weighted by molar-refractivity contribution is 8.17. The molecule has 1 N–H and O–H groups in total. The molecule has 0 fully saturated rings. The molecule has 3 rings (SSSR count). The van der Waals surface area contributed by atoms with Crippen molar-refractivity contribution in [2.75, 3.05) is 17.7 Å². The zero-order chi connectivity index (χ0) is 22.4. The highest BCUT2D eigenvalue weighted by Gasteiger charge is 2.31. The van der Waals surface area contributed by atoms with Crippen molar-refractivity contribution in [2.45, 2.75) is 29.7 Å². The third-order valence-corrected chi connectivity index (χ3v) is 6.62. The minimum atomic E-state index is -4.49. The van der Waals surface area contributed by atoms with Crippen LogP contribution in [-0.4, -0.2) is 34.5 Å². The number of halogens is 3. The third-order valence-electron chi connectivity index (χ3n) is 4.12. The van der Waals surface area contributed by atoms with Gasteiger partial charge >= 0.3 is 12.1 Å². The Kier molecular flexibility index (Phi) is 7.66. The van der Waals surface area contributed by atoms with Gasteiger partial charge in [-0.05, 0) is 37.3 Å². The maximum atomic E-state index is 12.8. The van der Waals surface area contributed by atoms with Crippen molar-refractivity contribution in [1.82, 2.24) is 0 Å². The summed E-state index contributed by atoms with van der Waals surface area (Å²) in [7, 11) is 0. The van der Waals surface area contributed by atoms with E-state index in [-0.39, 0.29) is 35.7 Å². The summed E-state index contributed by atoms with van der Waals surface area (Å²) in [5.74, 6) is -0.885. The van der Waals surface area contributed by atoms with Crippen molar-refractivity contribution in [3.05, 3.63) is 54.1 Å². The van der Waals surface area contributed by atoms with E-state index in [0.717, 1.165) is 34.5 Å². The third kappa shape index (κ3) is 6.51. The van der Waals surface area contributed by atoms with Gasteiger partial charge in [0.1, 0.15) is 0 Å². The number of nitrogens with zero attached hydrogens (tertiary/aromatic N) is 1. The molecule has 5 nitrogen and oxygen atoms in total. The van der Waals surface area contributed by atoms with E-state index in [0.29, 0.717) is 5.04 Å². The van der Waals surface area contributed by atoms with Gasteiger partial charge < -0.3 is 10.1 Å². The van der Waals surface area contributed by atoms with Gasteiger partial charge in [0.15, 0.2) is 0 Å². The number of anilines is 1. The minimum Gasteiger partial charge on any atom is -0.466 e. The highest BCUT2D eigenvalue weighted by atomic mass is 32.2. The van der Waals surface area contributed by atoms with Crippen LogP contribution in [0.25, 0.3) is 0 Å². The number of hydrogen-bond donors (Lipinski definition) is 1. The lowest BCUT2D eigenvalue weighted by Crippen LogP contribution is -2.24. The van der Waals surface area contributed by atoms with E-state index in [2.05, 4.69) is 10.3 Å². The Morgan fingerprint density at radius 3 is 2.71 bits per heavy atom. The summed E-state index contributed by atoms with van der Waals surface area (Å²) in [6, 6.07) is 11.9. The molecule has 1 atom stereocenters. The van der Waals surface area contributed by atoms with Gasteiger partial charge in [-0.1, -0.05) is 30.0 Å². The molecule has 1 heterocycles. The fraction of sp³-hybridized carbons (Fsp3) is 0.286. The first-order chi connectivity index (χ1) is 14.8. The topological polar surface area (TPSA) is 67.8 Å². The lowest BCUT2D eigenvalue weighted by Gasteiger charge is -2.23. The number of hydrogen-bond acceptors (Lipinski definition) is 6. The molecule has 0 aliphatic carbocycles. The van der Waals surface area contributed by atoms with Crippen LogP contribution in [0.1, 0.15) is 18.9 Å². The second-order valence-corrected chi connectivity index (χ2v) is 8.69. The van der Waals surface area contributed by atoms with Crippen molar-refractivity contribution in [3.63, 3.8) is 0 Å². The monoisotopic (exact) mass is 468 g/mol. The standard InChI is InChI=1S/C21H19F3N2O3S2/c1-2-29-19(28)11-17-20(26-15-8-3-4-9-16(15)31-17)30-12-18(27)25-14-7-5-6-13(10-14)21(22,23)24/h3-10,17H,2,11-12H2,1H3,(H,25,27)/t17-/m1/s1. The van der Waals surface area contributed by atoms with Crippen molar-refractivity contribution in [2.24, 2.45) is 4.99 Å². The molecule has 164 valence electrons. The van der Waals surface area contributed by atoms with Gasteiger partial charge in [0.25, 0.3) is 0 Å². The lowest BCUT2D eigenvalue weighted by molar-refractivity contribution is -0.142. The summed E-state index contributed by atoms with van der Waals surface area (Å²) in [6.45, 7) is 1.99. The zero-order valence-corrected chi connectivity index (χ0v) is 18.1. The quantitative estimate of drug-likeness (QED) is 0.565. The van der Waals surface area contributed by atoms with E-state index < -0.39 is 17.6 Å². The van der Waals surface area contributed by atoms with Gasteiger partial charge in [-0.3, -0.25) is 9.59 Å². The Hall–Kier alpha value is -2.46. The zero-order valence-electron chi connectivity index (χ0n) is 16.4. The first-order valence-electron chi connectivity index (χ1n) is 9.36. The number of amides is 1. The molecule has 0 radical (unpaired) electrons. The van der Waals surface area contributed by atoms with Gasteiger partial charge in [0.05, 0.1) is 40.3 Å². The van der Waals surface area contributed by atoms with Crippen molar-refractivity contribution in [3.8, 4) is 0 Å². The van der Waals surface area contributed by atoms with E-state index in [1.54, 1.807) is 6.92 Å². The molecule has 1 aliphatic rings. The molecule has 1 aliphatic heterocycles. The Balaban J connectivity index is 1.68. The number of fused-ring (bicyclic) bond motifs is 1. The second-order valence-electron chi connectivity index (χ2n) is 6.45. The van der Waals surface area contributed by atoms with Crippen LogP contribution in [0.3, 0.4) is 0 Å². The maximum absolute atomic E-state index is 12.8. The highest BCUT2D eigenvalue weighted by Crippen LogP contribution is 2.41. The van der Waals surface area contributed by atoms with Crippen LogP contribution < -0.4 is 5.32 Å². The Bertz CT molecular complexity index is 996. The summed E-state index contributed by atoms with van der Waals surface area (Å²) in [5, 5.41) is 2.76. The van der Waals surface area contributed by atoms with E-state index in [1.807, 2.05) is 24.3 Å². The molecule has 31 heavy (non-hydrogen) atoms. The summed E-state index contributed by atoms with van der Waals surface area (Å²) in [6.07, 6.45) is -4.38. The minimum absolute atomic E-state index is 0.0584. The summed E-state index contributed by atoms with van der Waals surface area (Å²) in [4.78, 5) is 29.8. The van der Waals surface area contributed by atoms with Crippen LogP contribution in [0.4, 0.5) is 24.5 Å². The largest absolute Gasteiger partial charge is 0.466 e. The Labute approximate surface area is 185 Å². The number of aliphatic imine (C=N–C) groups is 1. The fourth-order valence-electron chi connectivity index (χ4n) is 2.78. The number of thioether (sulfide) groups is 2. The Morgan fingerprint density at radius 2 is 1.97 bits per heavy atom. The number of alkyl halides is 3. The SMILES string of the molecule is CCOC(=O)C[C@H]1Sc2ccccc2N=C1SCC(=O)Nc1cccc(C(F)(F)F)c1. The van der Waals surface area contributed by atoms with Crippen LogP contribution in [0, 0.1) is 0 Å². The number of rotatable bonds is 6. The smallest absolute Gasteiger partial charge is 0.416 e. The number of carbonyl (C=O) groups is 2. The van der Waals surface area contributed by atoms with Crippen LogP contribution in [-0.2, 0) is 20.5 Å². The van der Waals surface area contributed by atoms with Crippen LogP contribution in [0.5, 0.6) is 0 Å². The molecule has 0 saturated carbocycles. The molecule has 10 heteroatoms. The summed E-state index contributed by atoms with van der Waals surface area (Å²) < 4.78 is 43.6. The molecule has 0 saturated heterocycles. The molecule has 0 spiro atoms. The van der Waals surface area contributed by atoms with Gasteiger partial charge in [-0.15, -0.1) is 11.8 Å². The molecule has 0 aromatic heterocycles. The normalized spacial score (nSPS) is 15.6. The first-order valence-corrected chi connectivity index (χ1v) is 11.2. The van der Waals surface area contributed by atoms with Crippen molar-refractivity contribution < 1.29 is 27.5 Å². The number of para-hydroxylation sites is 1. The Morgan fingerprint density at radius 1 is 1.19 bits per heavy atom. The molecule has 0 unspecified atom stereocenters. The predicted octanol–water partition coefficient (Wildman–Crippen LogP) is 5.53. The first kappa shape index (κ1) is 23.2. The van der Waals surface area contributed by atoms with Gasteiger partial charge in [0, 0.05) is 10.6 Å². The predicted molar refractivity (Wildman–Crippen MR) is 117 cm³/mol. The maximum Gasteiger partial charge on any atom is 0.416 e. The average molecular weight is 469 g/mol. The fourth-order valence-corrected chi connectivity index (χ4v) is 4.98. The number of ether oxygens (including phenoxy) is 1. The van der Waals surface area contributed by atoms with Gasteiger partial charge in [-0.2, -0.15) is 13.2 Å². The van der Waals surface area contributed by atoms with Gasteiger partial charge in [-0.25, -0.2) is 4.99 Å². The summed E-state index contributed by atoms with van der Waals surface area (Å²) in [5.41, 5.74) is -0.0284. The van der Waals surface area contributed by atoms with Gasteiger partial charge in [0.2, 0.25) is 5.91 Å². The van der Waals surface area contributed by atoms with Crippen LogP contribution in [0.15, 0.2) is 58.4 Å². The van der Waals surface area contributed by atoms with E-state index >= 15 is 0 Å².